The standard InChI is InChI=1S/C19H29N3O/c23-19(9-8-16-5-2-1-3-6-16)22-13-10-17(11-14-22)21-18-7-4-12-20-15-18/h4,7,12,15-17,21H,1-3,5-6,8-11,13-14H2. The first-order chi connectivity index (χ1) is 11.3. The summed E-state index contributed by atoms with van der Waals surface area (Å²) in [6.07, 6.45) is 14.4. The second-order valence-corrected chi connectivity index (χ2v) is 7.08. The summed E-state index contributed by atoms with van der Waals surface area (Å²) in [5.41, 5.74) is 1.08. The van der Waals surface area contributed by atoms with Crippen molar-refractivity contribution < 1.29 is 4.79 Å². The van der Waals surface area contributed by atoms with Gasteiger partial charge in [-0.05, 0) is 37.3 Å². The van der Waals surface area contributed by atoms with Gasteiger partial charge < -0.3 is 10.2 Å². The van der Waals surface area contributed by atoms with Crippen LogP contribution < -0.4 is 5.32 Å². The number of anilines is 1. The molecule has 1 saturated carbocycles. The Balaban J connectivity index is 1.37. The zero-order valence-electron chi connectivity index (χ0n) is 14.0. The average Bonchev–Trinajstić information content (AvgIpc) is 2.62. The summed E-state index contributed by atoms with van der Waals surface area (Å²) >= 11 is 0. The van der Waals surface area contributed by atoms with Crippen molar-refractivity contribution in [1.29, 1.82) is 0 Å². The van der Waals surface area contributed by atoms with Gasteiger partial charge in [0.05, 0.1) is 5.69 Å². The highest BCUT2D eigenvalue weighted by atomic mass is 16.2. The van der Waals surface area contributed by atoms with Crippen LogP contribution in [0.4, 0.5) is 5.69 Å². The van der Waals surface area contributed by atoms with Crippen LogP contribution in [0.1, 0.15) is 57.8 Å². The molecule has 1 amide bonds. The highest BCUT2D eigenvalue weighted by molar-refractivity contribution is 5.76. The highest BCUT2D eigenvalue weighted by Crippen LogP contribution is 2.27. The van der Waals surface area contributed by atoms with Crippen LogP contribution in [0.5, 0.6) is 0 Å². The number of hydrogen-bond acceptors (Lipinski definition) is 3. The molecule has 1 aromatic rings. The van der Waals surface area contributed by atoms with E-state index in [9.17, 15) is 4.79 Å². The van der Waals surface area contributed by atoms with E-state index in [4.69, 9.17) is 0 Å². The van der Waals surface area contributed by atoms with Gasteiger partial charge in [0.1, 0.15) is 0 Å². The predicted molar refractivity (Wildman–Crippen MR) is 93.3 cm³/mol. The normalized spacial score (nSPS) is 20.4. The number of likely N-dealkylation sites (tertiary alicyclic amines) is 1. The Labute approximate surface area is 139 Å². The number of rotatable bonds is 5. The topological polar surface area (TPSA) is 45.2 Å². The summed E-state index contributed by atoms with van der Waals surface area (Å²) in [6, 6.07) is 4.46. The van der Waals surface area contributed by atoms with Gasteiger partial charge in [-0.3, -0.25) is 9.78 Å². The number of carbonyl (C=O) groups is 1. The van der Waals surface area contributed by atoms with Gasteiger partial charge >= 0.3 is 0 Å². The lowest BCUT2D eigenvalue weighted by molar-refractivity contribution is -0.132. The largest absolute Gasteiger partial charge is 0.381 e. The van der Waals surface area contributed by atoms with E-state index in [1.165, 1.54) is 32.1 Å². The molecule has 1 aromatic heterocycles. The van der Waals surface area contributed by atoms with Crippen molar-refractivity contribution in [2.75, 3.05) is 18.4 Å². The molecular formula is C19H29N3O. The molecule has 1 aliphatic carbocycles. The Morgan fingerprint density at radius 2 is 1.96 bits per heavy atom. The van der Waals surface area contributed by atoms with Gasteiger partial charge in [0.2, 0.25) is 5.91 Å². The number of nitrogens with zero attached hydrogens (tertiary/aromatic N) is 2. The minimum absolute atomic E-state index is 0.371. The number of pyridine rings is 1. The molecule has 0 spiro atoms. The summed E-state index contributed by atoms with van der Waals surface area (Å²) in [4.78, 5) is 18.6. The molecule has 23 heavy (non-hydrogen) atoms. The van der Waals surface area contributed by atoms with Crippen LogP contribution in [0.25, 0.3) is 0 Å². The van der Waals surface area contributed by atoms with Crippen LogP contribution in [0.3, 0.4) is 0 Å². The summed E-state index contributed by atoms with van der Waals surface area (Å²) in [7, 11) is 0. The van der Waals surface area contributed by atoms with Gasteiger partial charge in [-0.15, -0.1) is 0 Å². The second-order valence-electron chi connectivity index (χ2n) is 7.08. The van der Waals surface area contributed by atoms with Gasteiger partial charge in [0, 0.05) is 37.9 Å². The summed E-state index contributed by atoms with van der Waals surface area (Å²) in [5.74, 6) is 1.17. The van der Waals surface area contributed by atoms with E-state index in [1.807, 2.05) is 12.3 Å². The van der Waals surface area contributed by atoms with E-state index >= 15 is 0 Å². The van der Waals surface area contributed by atoms with E-state index in [-0.39, 0.29) is 0 Å². The first kappa shape index (κ1) is 16.3. The first-order valence-corrected chi connectivity index (χ1v) is 9.25. The molecule has 126 valence electrons. The number of piperidine rings is 1. The van der Waals surface area contributed by atoms with E-state index in [0.29, 0.717) is 11.9 Å². The Kier molecular flexibility index (Phi) is 5.89. The van der Waals surface area contributed by atoms with Crippen LogP contribution in [-0.4, -0.2) is 34.9 Å². The van der Waals surface area contributed by atoms with Crippen LogP contribution in [0, 0.1) is 5.92 Å². The molecule has 2 aliphatic rings. The quantitative estimate of drug-likeness (QED) is 0.898. The minimum atomic E-state index is 0.371. The molecule has 0 atom stereocenters. The highest BCUT2D eigenvalue weighted by Gasteiger charge is 2.23. The summed E-state index contributed by atoms with van der Waals surface area (Å²) in [5, 5.41) is 3.52. The lowest BCUT2D eigenvalue weighted by atomic mass is 9.86. The van der Waals surface area contributed by atoms with Crippen molar-refractivity contribution in [2.24, 2.45) is 5.92 Å². The molecule has 1 aliphatic heterocycles. The van der Waals surface area contributed by atoms with Gasteiger partial charge in [-0.1, -0.05) is 32.1 Å². The van der Waals surface area contributed by atoms with Crippen molar-refractivity contribution in [2.45, 2.75) is 63.8 Å². The molecule has 0 aromatic carbocycles. The van der Waals surface area contributed by atoms with Crippen molar-refractivity contribution in [1.82, 2.24) is 9.88 Å². The smallest absolute Gasteiger partial charge is 0.222 e. The Morgan fingerprint density at radius 1 is 1.17 bits per heavy atom. The van der Waals surface area contributed by atoms with Crippen LogP contribution in [0.2, 0.25) is 0 Å². The summed E-state index contributed by atoms with van der Waals surface area (Å²) < 4.78 is 0. The molecule has 2 fully saturated rings. The molecule has 2 heterocycles. The van der Waals surface area contributed by atoms with Crippen LogP contribution >= 0.6 is 0 Å². The van der Waals surface area contributed by atoms with Gasteiger partial charge in [-0.25, -0.2) is 0 Å². The molecule has 3 rings (SSSR count). The Morgan fingerprint density at radius 3 is 2.65 bits per heavy atom. The molecule has 4 heteroatoms. The first-order valence-electron chi connectivity index (χ1n) is 9.25. The van der Waals surface area contributed by atoms with Gasteiger partial charge in [0.25, 0.3) is 0 Å². The Bertz CT molecular complexity index is 477. The molecule has 0 unspecified atom stereocenters. The zero-order valence-corrected chi connectivity index (χ0v) is 14.0. The molecular weight excluding hydrogens is 286 g/mol. The third-order valence-corrected chi connectivity index (χ3v) is 5.37. The molecule has 0 radical (unpaired) electrons. The maximum absolute atomic E-state index is 12.4. The third-order valence-electron chi connectivity index (χ3n) is 5.37. The zero-order chi connectivity index (χ0) is 15.9. The fourth-order valence-electron chi connectivity index (χ4n) is 3.92. The van der Waals surface area contributed by atoms with E-state index in [1.54, 1.807) is 6.20 Å². The predicted octanol–water partition coefficient (Wildman–Crippen LogP) is 3.85. The van der Waals surface area contributed by atoms with E-state index in [0.717, 1.165) is 50.4 Å². The van der Waals surface area contributed by atoms with E-state index in [2.05, 4.69) is 21.3 Å². The van der Waals surface area contributed by atoms with Gasteiger partial charge in [-0.2, -0.15) is 0 Å². The van der Waals surface area contributed by atoms with Crippen LogP contribution in [-0.2, 0) is 4.79 Å². The molecule has 1 N–H and O–H groups in total. The number of hydrogen-bond donors (Lipinski definition) is 1. The summed E-state index contributed by atoms with van der Waals surface area (Å²) in [6.45, 7) is 1.78. The minimum Gasteiger partial charge on any atom is -0.381 e. The lowest BCUT2D eigenvalue weighted by Gasteiger charge is -2.33. The van der Waals surface area contributed by atoms with Crippen molar-refractivity contribution >= 4 is 11.6 Å². The fraction of sp³-hybridized carbons (Fsp3) is 0.684. The molecule has 0 bridgehead atoms. The lowest BCUT2D eigenvalue weighted by Crippen LogP contribution is -2.42. The molecule has 1 saturated heterocycles. The SMILES string of the molecule is O=C(CCC1CCCCC1)N1CCC(Nc2cccnc2)CC1. The third kappa shape index (κ3) is 4.95. The number of aromatic nitrogens is 1. The van der Waals surface area contributed by atoms with Crippen molar-refractivity contribution in [3.05, 3.63) is 24.5 Å². The van der Waals surface area contributed by atoms with Crippen molar-refractivity contribution in [3.63, 3.8) is 0 Å². The average molecular weight is 315 g/mol. The monoisotopic (exact) mass is 315 g/mol. The number of amides is 1. The number of nitrogens with one attached hydrogen (secondary N) is 1. The van der Waals surface area contributed by atoms with E-state index < -0.39 is 0 Å². The van der Waals surface area contributed by atoms with Crippen LogP contribution in [0.15, 0.2) is 24.5 Å². The van der Waals surface area contributed by atoms with Gasteiger partial charge in [0.15, 0.2) is 0 Å². The Hall–Kier alpha value is -1.58. The molecule has 4 nitrogen and oxygen atoms in total. The van der Waals surface area contributed by atoms with Crippen molar-refractivity contribution in [3.8, 4) is 0 Å². The second kappa shape index (κ2) is 8.32. The maximum atomic E-state index is 12.4. The number of carbonyl (C=O) groups excluding carboxylic acids is 1. The fourth-order valence-corrected chi connectivity index (χ4v) is 3.92. The maximum Gasteiger partial charge on any atom is 0.222 e.